The third-order valence-electron chi connectivity index (χ3n) is 3.46. The minimum absolute atomic E-state index is 0.501. The predicted molar refractivity (Wildman–Crippen MR) is 68.8 cm³/mol. The van der Waals surface area contributed by atoms with Crippen molar-refractivity contribution in [2.75, 3.05) is 33.8 Å². The van der Waals surface area contributed by atoms with Crippen molar-refractivity contribution in [3.63, 3.8) is 0 Å². The average Bonchev–Trinajstić information content (AvgIpc) is 2.76. The van der Waals surface area contributed by atoms with Gasteiger partial charge >= 0.3 is 0 Å². The summed E-state index contributed by atoms with van der Waals surface area (Å²) in [7, 11) is 4.25. The van der Waals surface area contributed by atoms with Gasteiger partial charge in [0.1, 0.15) is 0 Å². The zero-order chi connectivity index (χ0) is 11.8. The van der Waals surface area contributed by atoms with Crippen LogP contribution >= 0.6 is 0 Å². The Bertz CT molecular complexity index is 169. The predicted octanol–water partition coefficient (Wildman–Crippen LogP) is 1.88. The lowest BCUT2D eigenvalue weighted by molar-refractivity contribution is 0.0807. The molecule has 1 N–H and O–H groups in total. The van der Waals surface area contributed by atoms with Crippen molar-refractivity contribution in [1.82, 2.24) is 10.2 Å². The SMILES string of the molecule is CNC(C)CCCCN(C)CC1CCCO1. The number of nitrogens with zero attached hydrogens (tertiary/aromatic N) is 1. The van der Waals surface area contributed by atoms with Gasteiger partial charge in [0, 0.05) is 19.2 Å². The minimum atomic E-state index is 0.501. The second kappa shape index (κ2) is 8.04. The Morgan fingerprint density at radius 1 is 1.44 bits per heavy atom. The molecule has 3 heteroatoms. The van der Waals surface area contributed by atoms with Gasteiger partial charge in [-0.15, -0.1) is 0 Å². The summed E-state index contributed by atoms with van der Waals surface area (Å²) < 4.78 is 5.63. The van der Waals surface area contributed by atoms with Crippen LogP contribution in [0.3, 0.4) is 0 Å². The summed E-state index contributed by atoms with van der Waals surface area (Å²) >= 11 is 0. The van der Waals surface area contributed by atoms with Gasteiger partial charge in [-0.1, -0.05) is 6.42 Å². The Hall–Kier alpha value is -0.120. The fourth-order valence-corrected chi connectivity index (χ4v) is 2.20. The van der Waals surface area contributed by atoms with Crippen molar-refractivity contribution in [3.05, 3.63) is 0 Å². The average molecular weight is 228 g/mol. The van der Waals surface area contributed by atoms with Crippen LogP contribution in [0, 0.1) is 0 Å². The van der Waals surface area contributed by atoms with Crippen molar-refractivity contribution >= 4 is 0 Å². The molecule has 2 unspecified atom stereocenters. The highest BCUT2D eigenvalue weighted by Gasteiger charge is 2.16. The standard InChI is InChI=1S/C13H28N2O/c1-12(14-2)7-4-5-9-15(3)11-13-8-6-10-16-13/h12-14H,4-11H2,1-3H3. The van der Waals surface area contributed by atoms with Crippen LogP contribution in [-0.4, -0.2) is 50.8 Å². The quantitative estimate of drug-likeness (QED) is 0.642. The molecule has 0 saturated carbocycles. The summed E-state index contributed by atoms with van der Waals surface area (Å²) in [6.07, 6.45) is 6.90. The summed E-state index contributed by atoms with van der Waals surface area (Å²) in [5.74, 6) is 0. The maximum Gasteiger partial charge on any atom is 0.0702 e. The van der Waals surface area contributed by atoms with Gasteiger partial charge in [0.25, 0.3) is 0 Å². The summed E-state index contributed by atoms with van der Waals surface area (Å²) in [4.78, 5) is 2.42. The minimum Gasteiger partial charge on any atom is -0.377 e. The van der Waals surface area contributed by atoms with E-state index in [0.717, 1.165) is 13.2 Å². The van der Waals surface area contributed by atoms with Crippen LogP contribution in [0.2, 0.25) is 0 Å². The lowest BCUT2D eigenvalue weighted by Gasteiger charge is -2.20. The Morgan fingerprint density at radius 3 is 2.88 bits per heavy atom. The van der Waals surface area contributed by atoms with Gasteiger partial charge in [0.15, 0.2) is 0 Å². The molecule has 1 heterocycles. The first-order valence-corrected chi connectivity index (χ1v) is 6.69. The van der Waals surface area contributed by atoms with Crippen LogP contribution in [-0.2, 0) is 4.74 Å². The lowest BCUT2D eigenvalue weighted by Crippen LogP contribution is -2.29. The Morgan fingerprint density at radius 2 is 2.25 bits per heavy atom. The molecule has 96 valence electrons. The summed E-state index contributed by atoms with van der Waals surface area (Å²) in [5, 5.41) is 3.28. The second-order valence-electron chi connectivity index (χ2n) is 5.08. The number of ether oxygens (including phenoxy) is 1. The monoisotopic (exact) mass is 228 g/mol. The Balaban J connectivity index is 1.95. The summed E-state index contributed by atoms with van der Waals surface area (Å²) in [6.45, 7) is 5.53. The van der Waals surface area contributed by atoms with E-state index in [1.54, 1.807) is 0 Å². The van der Waals surface area contributed by atoms with E-state index in [0.29, 0.717) is 12.1 Å². The molecule has 0 aromatic carbocycles. The molecule has 1 rings (SSSR count). The number of hydrogen-bond acceptors (Lipinski definition) is 3. The number of nitrogens with one attached hydrogen (secondary N) is 1. The van der Waals surface area contributed by atoms with Crippen molar-refractivity contribution in [2.24, 2.45) is 0 Å². The third-order valence-corrected chi connectivity index (χ3v) is 3.46. The molecular weight excluding hydrogens is 200 g/mol. The zero-order valence-corrected chi connectivity index (χ0v) is 11.2. The van der Waals surface area contributed by atoms with Crippen LogP contribution in [0.25, 0.3) is 0 Å². The van der Waals surface area contributed by atoms with E-state index < -0.39 is 0 Å². The van der Waals surface area contributed by atoms with Crippen LogP contribution in [0.4, 0.5) is 0 Å². The molecule has 1 fully saturated rings. The molecule has 1 saturated heterocycles. The normalized spacial score (nSPS) is 22.9. The number of hydrogen-bond donors (Lipinski definition) is 1. The van der Waals surface area contributed by atoms with Crippen LogP contribution < -0.4 is 5.32 Å². The molecule has 1 aliphatic heterocycles. The van der Waals surface area contributed by atoms with E-state index in [1.807, 2.05) is 7.05 Å². The van der Waals surface area contributed by atoms with E-state index in [4.69, 9.17) is 4.74 Å². The number of likely N-dealkylation sites (N-methyl/N-ethyl adjacent to an activating group) is 1. The summed E-state index contributed by atoms with van der Waals surface area (Å²) in [6, 6.07) is 0.656. The first kappa shape index (κ1) is 13.9. The molecule has 2 atom stereocenters. The van der Waals surface area contributed by atoms with Gasteiger partial charge in [-0.3, -0.25) is 0 Å². The second-order valence-corrected chi connectivity index (χ2v) is 5.08. The third kappa shape index (κ3) is 5.83. The number of rotatable bonds is 8. The molecule has 16 heavy (non-hydrogen) atoms. The van der Waals surface area contributed by atoms with Crippen LogP contribution in [0.5, 0.6) is 0 Å². The number of unbranched alkanes of at least 4 members (excludes halogenated alkanes) is 1. The summed E-state index contributed by atoms with van der Waals surface area (Å²) in [5.41, 5.74) is 0. The van der Waals surface area contributed by atoms with Gasteiger partial charge in [-0.05, 0) is 53.2 Å². The topological polar surface area (TPSA) is 24.5 Å². The van der Waals surface area contributed by atoms with Gasteiger partial charge in [-0.2, -0.15) is 0 Å². The highest BCUT2D eigenvalue weighted by Crippen LogP contribution is 2.13. The molecule has 0 aromatic heterocycles. The van der Waals surface area contributed by atoms with E-state index in [2.05, 4.69) is 24.2 Å². The van der Waals surface area contributed by atoms with E-state index in [-0.39, 0.29) is 0 Å². The molecule has 0 amide bonds. The van der Waals surface area contributed by atoms with Crippen molar-refractivity contribution in [1.29, 1.82) is 0 Å². The van der Waals surface area contributed by atoms with Gasteiger partial charge in [0.05, 0.1) is 6.10 Å². The smallest absolute Gasteiger partial charge is 0.0702 e. The fraction of sp³-hybridized carbons (Fsp3) is 1.00. The Kier molecular flexibility index (Phi) is 7.01. The van der Waals surface area contributed by atoms with Crippen molar-refractivity contribution in [3.8, 4) is 0 Å². The van der Waals surface area contributed by atoms with Gasteiger partial charge in [-0.25, -0.2) is 0 Å². The van der Waals surface area contributed by atoms with Crippen LogP contribution in [0.15, 0.2) is 0 Å². The van der Waals surface area contributed by atoms with E-state index >= 15 is 0 Å². The van der Waals surface area contributed by atoms with Gasteiger partial charge in [0.2, 0.25) is 0 Å². The maximum absolute atomic E-state index is 5.63. The highest BCUT2D eigenvalue weighted by molar-refractivity contribution is 4.68. The van der Waals surface area contributed by atoms with Crippen molar-refractivity contribution in [2.45, 2.75) is 51.2 Å². The van der Waals surface area contributed by atoms with Crippen LogP contribution in [0.1, 0.15) is 39.0 Å². The largest absolute Gasteiger partial charge is 0.377 e. The van der Waals surface area contributed by atoms with E-state index in [9.17, 15) is 0 Å². The fourth-order valence-electron chi connectivity index (χ4n) is 2.20. The first-order valence-electron chi connectivity index (χ1n) is 6.69. The Labute approximate surface area is 101 Å². The van der Waals surface area contributed by atoms with Crippen molar-refractivity contribution < 1.29 is 4.74 Å². The molecule has 0 aliphatic carbocycles. The first-order chi connectivity index (χ1) is 7.72. The highest BCUT2D eigenvalue weighted by atomic mass is 16.5. The molecule has 0 radical (unpaired) electrons. The van der Waals surface area contributed by atoms with Gasteiger partial charge < -0.3 is 15.0 Å². The molecule has 3 nitrogen and oxygen atoms in total. The molecular formula is C13H28N2O. The molecule has 1 aliphatic rings. The zero-order valence-electron chi connectivity index (χ0n) is 11.2. The maximum atomic E-state index is 5.63. The lowest BCUT2D eigenvalue weighted by atomic mass is 10.1. The molecule has 0 aromatic rings. The molecule has 0 bridgehead atoms. The van der Waals surface area contributed by atoms with E-state index in [1.165, 1.54) is 38.6 Å². The molecule has 0 spiro atoms.